The molecule has 7 heteroatoms. The number of pyridine rings is 1. The highest BCUT2D eigenvalue weighted by Crippen LogP contribution is 2.44. The molecule has 0 saturated carbocycles. The van der Waals surface area contributed by atoms with Gasteiger partial charge in [-0.2, -0.15) is 0 Å². The van der Waals surface area contributed by atoms with E-state index in [1.165, 1.54) is 11.3 Å². The number of anilines is 2. The van der Waals surface area contributed by atoms with Crippen LogP contribution in [-0.4, -0.2) is 36.8 Å². The van der Waals surface area contributed by atoms with Crippen molar-refractivity contribution < 1.29 is 9.53 Å². The maximum absolute atomic E-state index is 11.8. The Hall–Kier alpha value is -1.86. The fourth-order valence-electron chi connectivity index (χ4n) is 2.92. The Balaban J connectivity index is 1.95. The molecule has 20 heavy (non-hydrogen) atoms. The number of amides is 1. The van der Waals surface area contributed by atoms with Crippen molar-refractivity contribution in [2.45, 2.75) is 12.5 Å². The Morgan fingerprint density at radius 3 is 3.25 bits per heavy atom. The number of nitrogens with zero attached hydrogens (tertiary/aromatic N) is 2. The summed E-state index contributed by atoms with van der Waals surface area (Å²) in [7, 11) is 0. The Morgan fingerprint density at radius 2 is 2.50 bits per heavy atom. The van der Waals surface area contributed by atoms with Crippen LogP contribution in [0.1, 0.15) is 16.1 Å². The normalized spacial score (nSPS) is 21.2. The van der Waals surface area contributed by atoms with E-state index in [0.29, 0.717) is 18.2 Å². The quantitative estimate of drug-likeness (QED) is 0.873. The van der Waals surface area contributed by atoms with Gasteiger partial charge in [0, 0.05) is 18.5 Å². The van der Waals surface area contributed by atoms with Crippen LogP contribution in [0, 0.1) is 0 Å². The van der Waals surface area contributed by atoms with Gasteiger partial charge in [-0.05, 0) is 12.5 Å². The van der Waals surface area contributed by atoms with Gasteiger partial charge >= 0.3 is 0 Å². The number of nitrogens with one attached hydrogen (secondary N) is 1. The summed E-state index contributed by atoms with van der Waals surface area (Å²) in [4.78, 5) is 19.8. The number of primary amides is 1. The highest BCUT2D eigenvalue weighted by atomic mass is 32.1. The second-order valence-corrected chi connectivity index (χ2v) is 6.00. The highest BCUT2D eigenvalue weighted by Gasteiger charge is 2.33. The Kier molecular flexibility index (Phi) is 2.58. The minimum absolute atomic E-state index is 0.284. The molecule has 1 saturated heterocycles. The second kappa shape index (κ2) is 4.32. The van der Waals surface area contributed by atoms with Gasteiger partial charge in [0.15, 0.2) is 0 Å². The summed E-state index contributed by atoms with van der Waals surface area (Å²) in [5.74, 6) is -0.389. The fourth-order valence-corrected chi connectivity index (χ4v) is 3.96. The van der Waals surface area contributed by atoms with Crippen LogP contribution in [0.4, 0.5) is 11.4 Å². The van der Waals surface area contributed by atoms with Gasteiger partial charge in [-0.1, -0.05) is 0 Å². The number of aromatic nitrogens is 1. The van der Waals surface area contributed by atoms with Gasteiger partial charge in [-0.15, -0.1) is 11.3 Å². The van der Waals surface area contributed by atoms with E-state index >= 15 is 0 Å². The summed E-state index contributed by atoms with van der Waals surface area (Å²) in [6.45, 7) is 2.12. The summed E-state index contributed by atoms with van der Waals surface area (Å²) in [5.41, 5.74) is 7.50. The largest absolute Gasteiger partial charge is 0.379 e. The molecule has 1 atom stereocenters. The first kappa shape index (κ1) is 11.9. The number of ether oxygens (including phenoxy) is 1. The molecule has 2 aliphatic rings. The number of carbonyl (C=O) groups excluding carboxylic acids is 1. The third kappa shape index (κ3) is 1.60. The van der Waals surface area contributed by atoms with Crippen LogP contribution in [-0.2, 0) is 4.74 Å². The van der Waals surface area contributed by atoms with E-state index in [1.54, 1.807) is 6.20 Å². The minimum atomic E-state index is -0.389. The molecule has 4 heterocycles. The van der Waals surface area contributed by atoms with Gasteiger partial charge in [0.05, 0.1) is 30.4 Å². The Morgan fingerprint density at radius 1 is 1.60 bits per heavy atom. The van der Waals surface area contributed by atoms with Gasteiger partial charge in [0.25, 0.3) is 5.91 Å². The van der Waals surface area contributed by atoms with Crippen molar-refractivity contribution in [2.24, 2.45) is 5.73 Å². The number of rotatable bonds is 2. The van der Waals surface area contributed by atoms with Crippen molar-refractivity contribution in [1.82, 2.24) is 4.98 Å². The molecule has 1 unspecified atom stereocenters. The molecular formula is C13H14N4O2S. The zero-order valence-electron chi connectivity index (χ0n) is 10.8. The molecule has 2 aliphatic heterocycles. The fraction of sp³-hybridized carbons (Fsp3) is 0.385. The van der Waals surface area contributed by atoms with E-state index in [-0.39, 0.29) is 11.9 Å². The van der Waals surface area contributed by atoms with Crippen LogP contribution >= 0.6 is 11.3 Å². The molecule has 0 radical (unpaired) electrons. The third-order valence-electron chi connectivity index (χ3n) is 3.86. The van der Waals surface area contributed by atoms with Crippen LogP contribution in [0.5, 0.6) is 0 Å². The number of nitrogens with two attached hydrogens (primary N) is 1. The van der Waals surface area contributed by atoms with Gasteiger partial charge in [0.2, 0.25) is 0 Å². The molecule has 0 bridgehead atoms. The lowest BCUT2D eigenvalue weighted by Gasteiger charge is -2.34. The molecule has 6 nitrogen and oxygen atoms in total. The lowest BCUT2D eigenvalue weighted by atomic mass is 10.1. The van der Waals surface area contributed by atoms with Gasteiger partial charge in [0.1, 0.15) is 9.71 Å². The standard InChI is InChI=1S/C13H14N4O2S/c14-12(18)11-10-9-8(1-3-15-13(9)20-11)16-6-17(10)7-2-4-19-5-7/h1,3,7,16H,2,4-6H2,(H2,14,18). The van der Waals surface area contributed by atoms with Crippen LogP contribution in [0.15, 0.2) is 12.3 Å². The van der Waals surface area contributed by atoms with Crippen molar-refractivity contribution in [3.05, 3.63) is 17.1 Å². The summed E-state index contributed by atoms with van der Waals surface area (Å²) in [6, 6.07) is 2.22. The first-order valence-corrected chi connectivity index (χ1v) is 7.37. The molecule has 2 aromatic heterocycles. The Labute approximate surface area is 119 Å². The van der Waals surface area contributed by atoms with E-state index in [4.69, 9.17) is 10.5 Å². The topological polar surface area (TPSA) is 80.5 Å². The lowest BCUT2D eigenvalue weighted by molar-refractivity contribution is 0.100. The predicted octanol–water partition coefficient (Wildman–Crippen LogP) is 1.37. The van der Waals surface area contributed by atoms with Gasteiger partial charge < -0.3 is 20.7 Å². The van der Waals surface area contributed by atoms with E-state index in [1.807, 2.05) is 6.07 Å². The number of hydrogen-bond donors (Lipinski definition) is 2. The molecule has 0 spiro atoms. The number of hydrogen-bond acceptors (Lipinski definition) is 6. The summed E-state index contributed by atoms with van der Waals surface area (Å²) >= 11 is 1.37. The maximum Gasteiger partial charge on any atom is 0.261 e. The van der Waals surface area contributed by atoms with E-state index in [0.717, 1.165) is 34.6 Å². The first-order chi connectivity index (χ1) is 9.75. The molecule has 2 aromatic rings. The van der Waals surface area contributed by atoms with E-state index < -0.39 is 0 Å². The van der Waals surface area contributed by atoms with Crippen molar-refractivity contribution in [1.29, 1.82) is 0 Å². The monoisotopic (exact) mass is 290 g/mol. The molecule has 1 fully saturated rings. The van der Waals surface area contributed by atoms with E-state index in [9.17, 15) is 4.79 Å². The summed E-state index contributed by atoms with van der Waals surface area (Å²) < 4.78 is 5.47. The molecule has 0 aromatic carbocycles. The van der Waals surface area contributed by atoms with Crippen LogP contribution < -0.4 is 16.0 Å². The third-order valence-corrected chi connectivity index (χ3v) is 4.97. The molecule has 1 amide bonds. The van der Waals surface area contributed by atoms with Crippen molar-refractivity contribution >= 4 is 38.8 Å². The molecule has 0 aliphatic carbocycles. The van der Waals surface area contributed by atoms with Crippen LogP contribution in [0.25, 0.3) is 10.2 Å². The predicted molar refractivity (Wildman–Crippen MR) is 78.3 cm³/mol. The number of thiophene rings is 1. The Bertz CT molecular complexity index is 693. The maximum atomic E-state index is 11.8. The van der Waals surface area contributed by atoms with Crippen LogP contribution in [0.3, 0.4) is 0 Å². The molecule has 4 rings (SSSR count). The zero-order valence-corrected chi connectivity index (χ0v) is 11.6. The summed E-state index contributed by atoms with van der Waals surface area (Å²) in [6.07, 6.45) is 2.72. The van der Waals surface area contributed by atoms with Crippen molar-refractivity contribution in [3.8, 4) is 0 Å². The second-order valence-electron chi connectivity index (χ2n) is 5.00. The van der Waals surface area contributed by atoms with E-state index in [2.05, 4.69) is 15.2 Å². The molecule has 3 N–H and O–H groups in total. The molecule has 104 valence electrons. The average molecular weight is 290 g/mol. The minimum Gasteiger partial charge on any atom is -0.379 e. The first-order valence-electron chi connectivity index (χ1n) is 6.55. The van der Waals surface area contributed by atoms with Gasteiger partial charge in [-0.25, -0.2) is 4.98 Å². The lowest BCUT2D eigenvalue weighted by Crippen LogP contribution is -2.42. The van der Waals surface area contributed by atoms with Gasteiger partial charge in [-0.3, -0.25) is 4.79 Å². The van der Waals surface area contributed by atoms with Crippen LogP contribution in [0.2, 0.25) is 0 Å². The highest BCUT2D eigenvalue weighted by molar-refractivity contribution is 7.21. The molecular weight excluding hydrogens is 276 g/mol. The smallest absolute Gasteiger partial charge is 0.261 e. The van der Waals surface area contributed by atoms with Crippen molar-refractivity contribution in [2.75, 3.05) is 30.1 Å². The number of carbonyl (C=O) groups is 1. The summed E-state index contributed by atoms with van der Waals surface area (Å²) in [5, 5.41) is 4.40. The SMILES string of the molecule is NC(=O)c1sc2nccc3c2c1N(C1CCOC1)CN3. The zero-order chi connectivity index (χ0) is 13.7. The van der Waals surface area contributed by atoms with Crippen molar-refractivity contribution in [3.63, 3.8) is 0 Å². The average Bonchev–Trinajstić information content (AvgIpc) is 3.08.